The van der Waals surface area contributed by atoms with Crippen molar-refractivity contribution in [3.63, 3.8) is 0 Å². The maximum absolute atomic E-state index is 17.1. The first-order valence-corrected chi connectivity index (χ1v) is 26.9. The minimum Gasteiger partial charge on any atom is -0.508 e. The molecule has 3 aromatic carbocycles. The van der Waals surface area contributed by atoms with E-state index in [1.165, 1.54) is 30.5 Å². The second kappa shape index (κ2) is 23.4. The number of hydrogen-bond acceptors (Lipinski definition) is 11. The number of alkyl halides is 2. The molecule has 4 aliphatic heterocycles. The van der Waals surface area contributed by atoms with Crippen molar-refractivity contribution in [3.05, 3.63) is 89.1 Å². The van der Waals surface area contributed by atoms with Gasteiger partial charge in [0.2, 0.25) is 5.91 Å². The average molecular weight is 1030 g/mol. The Balaban J connectivity index is 0.00000182. The number of anilines is 1. The van der Waals surface area contributed by atoms with Crippen molar-refractivity contribution in [3.8, 4) is 35.4 Å². The van der Waals surface area contributed by atoms with Gasteiger partial charge in [0.05, 0.1) is 36.1 Å². The van der Waals surface area contributed by atoms with E-state index in [0.29, 0.717) is 74.3 Å². The molecule has 1 saturated carbocycles. The van der Waals surface area contributed by atoms with Crippen molar-refractivity contribution in [2.75, 3.05) is 64.4 Å². The second-order valence-electron chi connectivity index (χ2n) is 20.6. The van der Waals surface area contributed by atoms with E-state index in [1.807, 2.05) is 50.5 Å². The van der Waals surface area contributed by atoms with Crippen molar-refractivity contribution in [1.29, 1.82) is 0 Å². The molecule has 4 atom stereocenters. The zero-order valence-corrected chi connectivity index (χ0v) is 44.3. The fourth-order valence-electron chi connectivity index (χ4n) is 11.9. The number of halogens is 4. The molecule has 3 N–H and O–H groups in total. The first kappa shape index (κ1) is 55.1. The molecule has 6 heterocycles. The zero-order chi connectivity index (χ0) is 53.8. The fourth-order valence-corrected chi connectivity index (χ4v) is 11.9. The van der Waals surface area contributed by atoms with E-state index in [2.05, 4.69) is 50.1 Å². The number of benzene rings is 3. The molecule has 1 amide bonds. The van der Waals surface area contributed by atoms with Gasteiger partial charge in [-0.2, -0.15) is 9.97 Å². The van der Waals surface area contributed by atoms with Crippen LogP contribution in [0.3, 0.4) is 0 Å². The maximum atomic E-state index is 17.1. The summed E-state index contributed by atoms with van der Waals surface area (Å²) < 4.78 is 71.1. The van der Waals surface area contributed by atoms with Gasteiger partial charge >= 0.3 is 6.01 Å². The summed E-state index contributed by atoms with van der Waals surface area (Å²) in [5, 5.41) is 18.0. The number of terminal acetylenes is 1. The number of fused-ring (bicyclic) bond motifs is 4. The third kappa shape index (κ3) is 11.5. The molecule has 5 fully saturated rings. The number of carbonyl (C=O) groups excluding carboxylic acids is 2. The SMILES string of the molecule is C#Cc1c(F)ccc2cc(O)cc(-c3ncc4c(N5CC6CCC(C5)N6)nc(OCC5(CN6CCC(N7CCC(c8ccc(C(=C)C(CCC=O)C(=O)NC)c(C)c8)CC7)C(F)(F)C6)CC5)nc4c3F)c12.CC.CC. The lowest BCUT2D eigenvalue weighted by molar-refractivity contribution is -0.133. The summed E-state index contributed by atoms with van der Waals surface area (Å²) >= 11 is 0. The Morgan fingerprint density at radius 2 is 1.73 bits per heavy atom. The number of pyridine rings is 1. The number of likely N-dealkylation sites (tertiary alicyclic amines) is 2. The van der Waals surface area contributed by atoms with Gasteiger partial charge in [-0.15, -0.1) is 6.42 Å². The summed E-state index contributed by atoms with van der Waals surface area (Å²) in [5.74, 6) is -2.18. The third-order valence-corrected chi connectivity index (χ3v) is 15.9. The Labute approximate surface area is 438 Å². The van der Waals surface area contributed by atoms with E-state index >= 15 is 17.6 Å². The standard InChI is InChI=1S/C55H60F4N8O4.2C2H6/c1-5-40-45(56)13-9-36-24-39(69)25-43(47(36)40)49-48(57)50-44(26-61-49)51(67-27-37-10-11-38(28-67)62-37)64-53(63-50)71-31-54(17-18-54)29-65-19-16-46(55(58,59)30-65)66-20-14-34(15-21-66)35-8-12-41(32(2)23-35)33(3)42(7-6-22-68)52(70)60-4;2*1-2/h1,8-9,12-13,22-26,34,37-38,42,46,62,69H,3,6-7,10-11,14-21,27-31H2,2,4H3,(H,60,70);2*1-2H3. The minimum atomic E-state index is -2.93. The predicted molar refractivity (Wildman–Crippen MR) is 288 cm³/mol. The molecule has 75 heavy (non-hydrogen) atoms. The van der Waals surface area contributed by atoms with E-state index in [-0.39, 0.29) is 83.0 Å². The molecule has 16 heteroatoms. The summed E-state index contributed by atoms with van der Waals surface area (Å²) in [6.07, 6.45) is 14.1. The van der Waals surface area contributed by atoms with Gasteiger partial charge in [0, 0.05) is 74.3 Å². The molecule has 10 rings (SSSR count). The number of rotatable bonds is 15. The molecule has 4 saturated heterocycles. The number of ether oxygens (including phenoxy) is 1. The van der Waals surface area contributed by atoms with Crippen LogP contribution in [0.2, 0.25) is 0 Å². The molecule has 2 aromatic heterocycles. The normalized spacial score (nSPS) is 21.5. The molecule has 400 valence electrons. The van der Waals surface area contributed by atoms with Gasteiger partial charge < -0.3 is 30.2 Å². The van der Waals surface area contributed by atoms with E-state index < -0.39 is 34.9 Å². The number of nitrogens with one attached hydrogen (secondary N) is 2. The van der Waals surface area contributed by atoms with Gasteiger partial charge in [-0.3, -0.25) is 19.6 Å². The number of phenolic OH excluding ortho intramolecular Hbond substituents is 1. The quantitative estimate of drug-likeness (QED) is 0.0525. The number of nitrogens with zero attached hydrogens (tertiary/aromatic N) is 6. The molecule has 0 spiro atoms. The highest BCUT2D eigenvalue weighted by atomic mass is 19.3. The number of hydrogen-bond donors (Lipinski definition) is 3. The fraction of sp³-hybridized carbons (Fsp3) is 0.508. The third-order valence-electron chi connectivity index (χ3n) is 15.9. The van der Waals surface area contributed by atoms with Crippen LogP contribution < -0.4 is 20.3 Å². The Morgan fingerprint density at radius 3 is 2.37 bits per heavy atom. The summed E-state index contributed by atoms with van der Waals surface area (Å²) in [6.45, 7) is 17.4. The lowest BCUT2D eigenvalue weighted by Gasteiger charge is -2.46. The van der Waals surface area contributed by atoms with E-state index in [9.17, 15) is 14.7 Å². The highest BCUT2D eigenvalue weighted by Gasteiger charge is 2.52. The van der Waals surface area contributed by atoms with Crippen LogP contribution in [0.5, 0.6) is 11.8 Å². The van der Waals surface area contributed by atoms with Gasteiger partial charge in [0.15, 0.2) is 5.82 Å². The highest BCUT2D eigenvalue weighted by molar-refractivity contribution is 6.03. The smallest absolute Gasteiger partial charge is 0.319 e. The molecule has 5 aromatic rings. The van der Waals surface area contributed by atoms with Crippen LogP contribution >= 0.6 is 0 Å². The molecule has 2 bridgehead atoms. The molecular formula is C59H72F4N8O4. The first-order valence-electron chi connectivity index (χ1n) is 26.9. The first-order chi connectivity index (χ1) is 36.2. The second-order valence-corrected chi connectivity index (χ2v) is 20.6. The van der Waals surface area contributed by atoms with Gasteiger partial charge in [0.25, 0.3) is 5.92 Å². The van der Waals surface area contributed by atoms with Crippen molar-refractivity contribution < 1.29 is 37.0 Å². The summed E-state index contributed by atoms with van der Waals surface area (Å²) in [4.78, 5) is 43.7. The number of carbonyl (C=O) groups is 2. The lowest BCUT2D eigenvalue weighted by atomic mass is 9.83. The van der Waals surface area contributed by atoms with Crippen LogP contribution in [0.4, 0.5) is 23.4 Å². The number of amides is 1. The Bertz CT molecular complexity index is 2940. The average Bonchev–Trinajstić information content (AvgIpc) is 4.11. The van der Waals surface area contributed by atoms with E-state index in [4.69, 9.17) is 16.1 Å². The van der Waals surface area contributed by atoms with Crippen molar-refractivity contribution >= 4 is 45.3 Å². The number of aryl methyl sites for hydroxylation is 1. The van der Waals surface area contributed by atoms with Gasteiger partial charge in [-0.25, -0.2) is 17.6 Å². The Morgan fingerprint density at radius 1 is 1.01 bits per heavy atom. The molecular weight excluding hydrogens is 961 g/mol. The van der Waals surface area contributed by atoms with Gasteiger partial charge in [-0.05, 0) is 123 Å². The molecule has 4 unspecified atom stereocenters. The number of phenols is 1. The molecule has 0 radical (unpaired) electrons. The van der Waals surface area contributed by atoms with E-state index in [1.54, 1.807) is 7.05 Å². The molecule has 5 aliphatic rings. The molecule has 1 aliphatic carbocycles. The van der Waals surface area contributed by atoms with Crippen LogP contribution in [0.25, 0.3) is 38.5 Å². The van der Waals surface area contributed by atoms with Crippen molar-refractivity contribution in [1.82, 2.24) is 35.4 Å². The highest BCUT2D eigenvalue weighted by Crippen LogP contribution is 2.48. The number of aromatic hydroxyl groups is 1. The summed E-state index contributed by atoms with van der Waals surface area (Å²) in [5.41, 5.74) is 3.10. The predicted octanol–water partition coefficient (Wildman–Crippen LogP) is 10.2. The number of aromatic nitrogens is 3. The topological polar surface area (TPSA) is 136 Å². The number of piperazine rings is 1. The summed E-state index contributed by atoms with van der Waals surface area (Å²) in [7, 11) is 1.58. The van der Waals surface area contributed by atoms with Gasteiger partial charge in [-0.1, -0.05) is 64.5 Å². The van der Waals surface area contributed by atoms with Crippen molar-refractivity contribution in [2.24, 2.45) is 11.3 Å². The molecule has 12 nitrogen and oxygen atoms in total. The minimum absolute atomic E-state index is 0.0402. The largest absolute Gasteiger partial charge is 0.508 e. The number of aldehydes is 1. The van der Waals surface area contributed by atoms with Gasteiger partial charge in [0.1, 0.15) is 34.9 Å². The number of piperidine rings is 2. The van der Waals surface area contributed by atoms with Crippen LogP contribution in [0.15, 0.2) is 55.2 Å². The summed E-state index contributed by atoms with van der Waals surface area (Å²) in [6, 6.07) is 11.2. The van der Waals surface area contributed by atoms with Crippen LogP contribution in [0.1, 0.15) is 114 Å². The Kier molecular flexibility index (Phi) is 17.2. The van der Waals surface area contributed by atoms with Crippen LogP contribution in [0, 0.1) is 42.2 Å². The monoisotopic (exact) mass is 1030 g/mol. The lowest BCUT2D eigenvalue weighted by Crippen LogP contribution is -2.60. The maximum Gasteiger partial charge on any atom is 0.319 e. The Hall–Kier alpha value is -6.15. The van der Waals surface area contributed by atoms with Crippen LogP contribution in [-0.2, 0) is 9.59 Å². The van der Waals surface area contributed by atoms with Crippen LogP contribution in [-0.4, -0.2) is 126 Å². The van der Waals surface area contributed by atoms with E-state index in [0.717, 1.165) is 61.5 Å². The van der Waals surface area contributed by atoms with Crippen molar-refractivity contribution in [2.45, 2.75) is 122 Å². The zero-order valence-electron chi connectivity index (χ0n) is 44.3.